The van der Waals surface area contributed by atoms with Crippen LogP contribution >= 0.6 is 0 Å². The van der Waals surface area contributed by atoms with E-state index in [0.29, 0.717) is 11.5 Å². The monoisotopic (exact) mass is 324 g/mol. The van der Waals surface area contributed by atoms with E-state index in [-0.39, 0.29) is 13.2 Å². The lowest BCUT2D eigenvalue weighted by atomic mass is 10.2. The van der Waals surface area contributed by atoms with Crippen LogP contribution in [0.5, 0.6) is 0 Å². The van der Waals surface area contributed by atoms with Crippen LogP contribution in [0, 0.1) is 0 Å². The van der Waals surface area contributed by atoms with E-state index in [0.717, 1.165) is 10.2 Å². The van der Waals surface area contributed by atoms with Gasteiger partial charge in [0.1, 0.15) is 18.8 Å². The molecule has 0 radical (unpaired) electrons. The van der Waals surface area contributed by atoms with E-state index >= 15 is 0 Å². The molecule has 3 aromatic rings. The number of nitrogens with zero attached hydrogens (tertiary/aromatic N) is 4. The lowest BCUT2D eigenvalue weighted by Gasteiger charge is -2.04. The van der Waals surface area contributed by atoms with Gasteiger partial charge in [-0.2, -0.15) is 0 Å². The van der Waals surface area contributed by atoms with E-state index < -0.39 is 11.7 Å². The summed E-state index contributed by atoms with van der Waals surface area (Å²) in [4.78, 5) is 28.3. The maximum atomic E-state index is 12.2. The third-order valence-electron chi connectivity index (χ3n) is 3.46. The van der Waals surface area contributed by atoms with Crippen LogP contribution in [0.15, 0.2) is 59.5 Å². The van der Waals surface area contributed by atoms with Gasteiger partial charge >= 0.3 is 11.7 Å². The van der Waals surface area contributed by atoms with Gasteiger partial charge in [-0.1, -0.05) is 36.4 Å². The van der Waals surface area contributed by atoms with Crippen molar-refractivity contribution < 1.29 is 9.53 Å². The molecule has 122 valence electrons. The molecule has 0 saturated carbocycles. The number of rotatable bonds is 5. The maximum absolute atomic E-state index is 12.2. The smallest absolute Gasteiger partial charge is 0.346 e. The summed E-state index contributed by atoms with van der Waals surface area (Å²) in [5.74, 6) is -0.122. The van der Waals surface area contributed by atoms with Crippen LogP contribution < -0.4 is 5.69 Å². The molecule has 0 amide bonds. The standard InChI is InChI=1S/C17H16N4O3/c1-20-16(14-9-5-6-10-18-14)19-21(17(20)23)11-15(22)24-12-13-7-3-2-4-8-13/h2-10H,11-12H2,1H3. The molecule has 0 unspecified atom stereocenters. The van der Waals surface area contributed by atoms with E-state index in [9.17, 15) is 9.59 Å². The lowest BCUT2D eigenvalue weighted by Crippen LogP contribution is -2.27. The van der Waals surface area contributed by atoms with Gasteiger partial charge in [0.15, 0.2) is 5.82 Å². The Morgan fingerprint density at radius 3 is 2.58 bits per heavy atom. The van der Waals surface area contributed by atoms with Crippen LogP contribution in [0.25, 0.3) is 11.5 Å². The molecule has 0 spiro atoms. The quantitative estimate of drug-likeness (QED) is 0.663. The summed E-state index contributed by atoms with van der Waals surface area (Å²) in [6.45, 7) is -0.0826. The van der Waals surface area contributed by atoms with E-state index in [2.05, 4.69) is 10.1 Å². The van der Waals surface area contributed by atoms with Crippen molar-refractivity contribution in [1.29, 1.82) is 0 Å². The van der Waals surface area contributed by atoms with Crippen LogP contribution in [0.1, 0.15) is 5.56 Å². The number of ether oxygens (including phenoxy) is 1. The fourth-order valence-corrected chi connectivity index (χ4v) is 2.21. The molecular weight excluding hydrogens is 308 g/mol. The van der Waals surface area contributed by atoms with Crippen LogP contribution in [-0.4, -0.2) is 25.3 Å². The van der Waals surface area contributed by atoms with Gasteiger partial charge in [-0.05, 0) is 17.7 Å². The van der Waals surface area contributed by atoms with Crippen molar-refractivity contribution in [2.75, 3.05) is 0 Å². The van der Waals surface area contributed by atoms with Crippen LogP contribution in [0.3, 0.4) is 0 Å². The minimum atomic E-state index is -0.522. The number of carbonyl (C=O) groups excluding carboxylic acids is 1. The van der Waals surface area contributed by atoms with Crippen molar-refractivity contribution in [2.24, 2.45) is 7.05 Å². The highest BCUT2D eigenvalue weighted by Gasteiger charge is 2.15. The van der Waals surface area contributed by atoms with Crippen LogP contribution in [0.2, 0.25) is 0 Å². The number of esters is 1. The minimum Gasteiger partial charge on any atom is -0.459 e. The maximum Gasteiger partial charge on any atom is 0.346 e. The molecule has 0 aliphatic rings. The number of aromatic nitrogens is 4. The Balaban J connectivity index is 1.71. The highest BCUT2D eigenvalue weighted by molar-refractivity contribution is 5.69. The third-order valence-corrected chi connectivity index (χ3v) is 3.46. The van der Waals surface area contributed by atoms with Crippen molar-refractivity contribution >= 4 is 5.97 Å². The molecule has 0 fully saturated rings. The molecule has 0 saturated heterocycles. The number of hydrogen-bond donors (Lipinski definition) is 0. The molecule has 0 N–H and O–H groups in total. The molecule has 7 heteroatoms. The lowest BCUT2D eigenvalue weighted by molar-refractivity contribution is -0.146. The van der Waals surface area contributed by atoms with Gasteiger partial charge < -0.3 is 4.74 Å². The highest BCUT2D eigenvalue weighted by atomic mass is 16.5. The summed E-state index contributed by atoms with van der Waals surface area (Å²) in [6, 6.07) is 14.7. The summed E-state index contributed by atoms with van der Waals surface area (Å²) in [5, 5.41) is 4.18. The van der Waals surface area contributed by atoms with Crippen molar-refractivity contribution in [1.82, 2.24) is 19.3 Å². The average molecular weight is 324 g/mol. The number of benzene rings is 1. The van der Waals surface area contributed by atoms with Crippen LogP contribution in [-0.2, 0) is 29.7 Å². The van der Waals surface area contributed by atoms with Gasteiger partial charge in [0.05, 0.1) is 0 Å². The Bertz CT molecular complexity index is 885. The van der Waals surface area contributed by atoms with Gasteiger partial charge in [0, 0.05) is 13.2 Å². The molecule has 2 heterocycles. The zero-order chi connectivity index (χ0) is 16.9. The topological polar surface area (TPSA) is 79.0 Å². The van der Waals surface area contributed by atoms with E-state index in [4.69, 9.17) is 4.74 Å². The Labute approximate surface area is 138 Å². The van der Waals surface area contributed by atoms with E-state index in [1.807, 2.05) is 30.3 Å². The first kappa shape index (κ1) is 15.7. The Hall–Kier alpha value is -3.22. The van der Waals surface area contributed by atoms with E-state index in [1.165, 1.54) is 4.57 Å². The summed E-state index contributed by atoms with van der Waals surface area (Å²) in [5.41, 5.74) is 1.05. The molecule has 0 atom stereocenters. The summed E-state index contributed by atoms with van der Waals surface area (Å²) in [6.07, 6.45) is 1.62. The van der Waals surface area contributed by atoms with Crippen molar-refractivity contribution in [2.45, 2.75) is 13.2 Å². The Morgan fingerprint density at radius 1 is 1.12 bits per heavy atom. The van der Waals surface area contributed by atoms with Crippen molar-refractivity contribution in [3.8, 4) is 11.5 Å². The first-order valence-electron chi connectivity index (χ1n) is 7.40. The Kier molecular flexibility index (Phi) is 4.51. The zero-order valence-corrected chi connectivity index (χ0v) is 13.1. The molecular formula is C17H16N4O3. The molecule has 7 nitrogen and oxygen atoms in total. The molecule has 2 aromatic heterocycles. The van der Waals surface area contributed by atoms with Gasteiger partial charge in [0.25, 0.3) is 0 Å². The molecule has 3 rings (SSSR count). The van der Waals surface area contributed by atoms with E-state index in [1.54, 1.807) is 31.4 Å². The predicted octanol–water partition coefficient (Wildman–Crippen LogP) is 1.39. The Morgan fingerprint density at radius 2 is 1.88 bits per heavy atom. The second-order valence-electron chi connectivity index (χ2n) is 5.18. The summed E-state index contributed by atoms with van der Waals surface area (Å²) < 4.78 is 7.61. The highest BCUT2D eigenvalue weighted by Crippen LogP contribution is 2.10. The van der Waals surface area contributed by atoms with Crippen LogP contribution in [0.4, 0.5) is 0 Å². The molecule has 0 aliphatic heterocycles. The third kappa shape index (κ3) is 3.40. The molecule has 0 aliphatic carbocycles. The molecule has 1 aromatic carbocycles. The second kappa shape index (κ2) is 6.91. The van der Waals surface area contributed by atoms with Gasteiger partial charge in [0.2, 0.25) is 0 Å². The normalized spacial score (nSPS) is 10.5. The molecule has 24 heavy (non-hydrogen) atoms. The van der Waals surface area contributed by atoms with Gasteiger partial charge in [-0.25, -0.2) is 9.48 Å². The molecule has 0 bridgehead atoms. The first-order valence-corrected chi connectivity index (χ1v) is 7.40. The summed E-state index contributed by atoms with van der Waals surface area (Å²) in [7, 11) is 1.59. The van der Waals surface area contributed by atoms with Crippen molar-refractivity contribution in [3.05, 3.63) is 70.8 Å². The fourth-order valence-electron chi connectivity index (χ4n) is 2.21. The van der Waals surface area contributed by atoms with Gasteiger partial charge in [-0.3, -0.25) is 14.3 Å². The second-order valence-corrected chi connectivity index (χ2v) is 5.18. The SMILES string of the molecule is Cn1c(-c2ccccn2)nn(CC(=O)OCc2ccccc2)c1=O. The minimum absolute atomic E-state index is 0.161. The summed E-state index contributed by atoms with van der Waals surface area (Å²) >= 11 is 0. The fraction of sp³-hybridized carbons (Fsp3) is 0.176. The average Bonchev–Trinajstić information content (AvgIpc) is 2.90. The number of hydrogen-bond acceptors (Lipinski definition) is 5. The number of pyridine rings is 1. The largest absolute Gasteiger partial charge is 0.459 e. The predicted molar refractivity (Wildman–Crippen MR) is 86.9 cm³/mol. The zero-order valence-electron chi connectivity index (χ0n) is 13.1. The van der Waals surface area contributed by atoms with Crippen molar-refractivity contribution in [3.63, 3.8) is 0 Å². The first-order chi connectivity index (χ1) is 11.6. The number of carbonyl (C=O) groups is 1. The van der Waals surface area contributed by atoms with Gasteiger partial charge in [-0.15, -0.1) is 5.10 Å².